The zero-order chi connectivity index (χ0) is 13.4. The predicted octanol–water partition coefficient (Wildman–Crippen LogP) is -3.78. The Kier molecular flexibility index (Phi) is 4.27. The number of phosphoric acid groups is 1. The van der Waals surface area contributed by atoms with Crippen LogP contribution in [0.4, 0.5) is 0 Å². The third-order valence-corrected chi connectivity index (χ3v) is 2.68. The average Bonchev–Trinajstić information content (AvgIpc) is 2.18. The Morgan fingerprint density at radius 3 is 2.18 bits per heavy atom. The van der Waals surface area contributed by atoms with Gasteiger partial charge in [-0.2, -0.15) is 0 Å². The summed E-state index contributed by atoms with van der Waals surface area (Å²) in [6.45, 7) is -0.877. The van der Waals surface area contributed by atoms with E-state index in [0.29, 0.717) is 0 Å². The van der Waals surface area contributed by atoms with Crippen molar-refractivity contribution in [3.63, 3.8) is 0 Å². The van der Waals surface area contributed by atoms with Crippen molar-refractivity contribution in [3.8, 4) is 0 Å². The topological polar surface area (TPSA) is 177 Å². The number of aliphatic hydroxyl groups excluding tert-OH is 4. The van der Waals surface area contributed by atoms with Crippen molar-refractivity contribution in [3.05, 3.63) is 0 Å². The quantitative estimate of drug-likeness (QED) is 0.200. The maximum Gasteiger partial charge on any atom is 0.474 e. The van der Waals surface area contributed by atoms with E-state index in [1.165, 1.54) is 0 Å². The molecule has 5 atom stereocenters. The van der Waals surface area contributed by atoms with Crippen molar-refractivity contribution in [1.82, 2.24) is 0 Å². The molecule has 0 aromatic carbocycles. The first-order valence-corrected chi connectivity index (χ1v) is 5.95. The molecule has 0 aliphatic carbocycles. The summed E-state index contributed by atoms with van der Waals surface area (Å²) in [6, 6.07) is 0. The number of aliphatic hydroxyl groups is 5. The first-order valence-electron chi connectivity index (χ1n) is 4.42. The number of ether oxygens (including phenoxy) is 1. The SMILES string of the molecule is O=P(O)(O)O[C@]1(O)O[C@H](CO)[C@@H](O)[C@H](O)[C@@H]1O. The molecule has 0 unspecified atom stereocenters. The third-order valence-electron chi connectivity index (χ3n) is 2.18. The van der Waals surface area contributed by atoms with E-state index in [1.54, 1.807) is 0 Å². The molecule has 17 heavy (non-hydrogen) atoms. The normalized spacial score (nSPS) is 43.7. The van der Waals surface area contributed by atoms with Crippen LogP contribution in [-0.2, 0) is 13.8 Å². The molecule has 0 radical (unpaired) electrons. The van der Waals surface area contributed by atoms with Crippen molar-refractivity contribution < 1.29 is 49.1 Å². The van der Waals surface area contributed by atoms with Crippen LogP contribution < -0.4 is 0 Å². The van der Waals surface area contributed by atoms with Crippen LogP contribution in [0.2, 0.25) is 0 Å². The number of phosphoric ester groups is 1. The Labute approximate surface area is 94.9 Å². The lowest BCUT2D eigenvalue weighted by Crippen LogP contribution is -2.65. The van der Waals surface area contributed by atoms with E-state index >= 15 is 0 Å². The molecule has 1 aliphatic rings. The highest BCUT2D eigenvalue weighted by Crippen LogP contribution is 2.44. The van der Waals surface area contributed by atoms with Gasteiger partial charge in [0, 0.05) is 0 Å². The summed E-state index contributed by atoms with van der Waals surface area (Å²) in [4.78, 5) is 17.0. The second kappa shape index (κ2) is 4.86. The third kappa shape index (κ3) is 3.20. The van der Waals surface area contributed by atoms with Gasteiger partial charge in [0.25, 0.3) is 0 Å². The van der Waals surface area contributed by atoms with E-state index in [2.05, 4.69) is 9.26 Å². The molecule has 0 aromatic heterocycles. The van der Waals surface area contributed by atoms with E-state index in [9.17, 15) is 25.0 Å². The van der Waals surface area contributed by atoms with E-state index in [0.717, 1.165) is 0 Å². The van der Waals surface area contributed by atoms with Gasteiger partial charge in [0.15, 0.2) is 6.10 Å². The first kappa shape index (κ1) is 14.9. The van der Waals surface area contributed by atoms with Crippen molar-refractivity contribution >= 4 is 7.82 Å². The molecule has 1 heterocycles. The molecule has 1 aliphatic heterocycles. The molecule has 1 rings (SSSR count). The molecule has 0 saturated carbocycles. The van der Waals surface area contributed by atoms with Gasteiger partial charge in [0.1, 0.15) is 18.3 Å². The fraction of sp³-hybridized carbons (Fsp3) is 1.00. The second-order valence-corrected chi connectivity index (χ2v) is 4.64. The Balaban J connectivity index is 2.95. The Bertz CT molecular complexity index is 314. The fourth-order valence-electron chi connectivity index (χ4n) is 1.37. The predicted molar refractivity (Wildman–Crippen MR) is 48.1 cm³/mol. The zero-order valence-corrected chi connectivity index (χ0v) is 9.21. The Morgan fingerprint density at radius 2 is 1.76 bits per heavy atom. The summed E-state index contributed by atoms with van der Waals surface area (Å²) in [6.07, 6.45) is -7.68. The van der Waals surface area contributed by atoms with Gasteiger partial charge in [0.2, 0.25) is 0 Å². The van der Waals surface area contributed by atoms with Gasteiger partial charge >= 0.3 is 13.8 Å². The van der Waals surface area contributed by atoms with Crippen LogP contribution in [0, 0.1) is 0 Å². The maximum atomic E-state index is 10.5. The number of hydrogen-bond acceptors (Lipinski definition) is 8. The smallest absolute Gasteiger partial charge is 0.394 e. The van der Waals surface area contributed by atoms with Crippen LogP contribution in [0.3, 0.4) is 0 Å². The van der Waals surface area contributed by atoms with Crippen molar-refractivity contribution in [2.24, 2.45) is 0 Å². The minimum atomic E-state index is -5.23. The number of hydrogen-bond donors (Lipinski definition) is 7. The summed E-state index contributed by atoms with van der Waals surface area (Å²) in [7, 11) is -5.23. The van der Waals surface area contributed by atoms with E-state index < -0.39 is 44.8 Å². The molecule has 0 bridgehead atoms. The van der Waals surface area contributed by atoms with Gasteiger partial charge < -0.3 is 40.1 Å². The van der Waals surface area contributed by atoms with E-state index in [4.69, 9.17) is 14.9 Å². The van der Waals surface area contributed by atoms with Gasteiger partial charge in [-0.15, -0.1) is 0 Å². The summed E-state index contributed by atoms with van der Waals surface area (Å²) in [5, 5.41) is 46.1. The second-order valence-electron chi connectivity index (χ2n) is 3.48. The van der Waals surface area contributed by atoms with Crippen LogP contribution in [-0.4, -0.2) is 72.3 Å². The lowest BCUT2D eigenvalue weighted by molar-refractivity contribution is -0.425. The number of rotatable bonds is 3. The first-order chi connectivity index (χ1) is 7.60. The largest absolute Gasteiger partial charge is 0.474 e. The molecule has 1 saturated heterocycles. The van der Waals surface area contributed by atoms with Crippen LogP contribution in [0.5, 0.6) is 0 Å². The lowest BCUT2D eigenvalue weighted by atomic mass is 9.98. The molecule has 7 N–H and O–H groups in total. The Hall–Kier alpha value is -0.130. The average molecular weight is 276 g/mol. The summed E-state index contributed by atoms with van der Waals surface area (Å²) >= 11 is 0. The highest BCUT2D eigenvalue weighted by molar-refractivity contribution is 7.46. The zero-order valence-electron chi connectivity index (χ0n) is 8.32. The minimum Gasteiger partial charge on any atom is -0.394 e. The van der Waals surface area contributed by atoms with Gasteiger partial charge in [-0.3, -0.25) is 0 Å². The monoisotopic (exact) mass is 276 g/mol. The van der Waals surface area contributed by atoms with E-state index in [-0.39, 0.29) is 0 Å². The molecule has 102 valence electrons. The highest BCUT2D eigenvalue weighted by atomic mass is 31.2. The van der Waals surface area contributed by atoms with Crippen LogP contribution in [0.1, 0.15) is 0 Å². The van der Waals surface area contributed by atoms with Crippen LogP contribution in [0.25, 0.3) is 0 Å². The summed E-state index contributed by atoms with van der Waals surface area (Å²) < 4.78 is 18.8. The highest BCUT2D eigenvalue weighted by Gasteiger charge is 2.56. The summed E-state index contributed by atoms with van der Waals surface area (Å²) in [5.74, 6) is -3.23. The Morgan fingerprint density at radius 1 is 1.24 bits per heavy atom. The standard InChI is InChI=1S/C6H13O10P/c7-1-2-3(8)4(9)5(10)6(11,15-2)16-17(12,13)14/h2-5,7-11H,1H2,(H2,12,13,14)/t2-,3-,4+,5+,6-/m1/s1. The van der Waals surface area contributed by atoms with Gasteiger partial charge in [-0.05, 0) is 0 Å². The van der Waals surface area contributed by atoms with Gasteiger partial charge in [-0.1, -0.05) is 0 Å². The van der Waals surface area contributed by atoms with Crippen molar-refractivity contribution in [1.29, 1.82) is 0 Å². The minimum absolute atomic E-state index is 0.877. The van der Waals surface area contributed by atoms with E-state index in [1.807, 2.05) is 0 Å². The molecule has 1 fully saturated rings. The molecular weight excluding hydrogens is 263 g/mol. The fourth-order valence-corrected chi connectivity index (χ4v) is 1.86. The van der Waals surface area contributed by atoms with Crippen molar-refractivity contribution in [2.45, 2.75) is 30.4 Å². The molecule has 11 heteroatoms. The van der Waals surface area contributed by atoms with Gasteiger partial charge in [-0.25, -0.2) is 9.09 Å². The molecule has 0 aromatic rings. The summed E-state index contributed by atoms with van der Waals surface area (Å²) in [5.41, 5.74) is 0. The molecule has 0 amide bonds. The maximum absolute atomic E-state index is 10.5. The lowest BCUT2D eigenvalue weighted by Gasteiger charge is -2.43. The van der Waals surface area contributed by atoms with Crippen LogP contribution >= 0.6 is 7.82 Å². The molecular formula is C6H13O10P. The van der Waals surface area contributed by atoms with Crippen molar-refractivity contribution in [2.75, 3.05) is 6.61 Å². The molecule has 0 spiro atoms. The van der Waals surface area contributed by atoms with Gasteiger partial charge in [0.05, 0.1) is 6.61 Å². The molecule has 10 nitrogen and oxygen atoms in total. The van der Waals surface area contributed by atoms with Crippen LogP contribution in [0.15, 0.2) is 0 Å².